The second-order valence-corrected chi connectivity index (χ2v) is 6.01. The summed E-state index contributed by atoms with van der Waals surface area (Å²) in [6, 6.07) is 0. The fourth-order valence-corrected chi connectivity index (χ4v) is 2.88. The first-order valence-electron chi connectivity index (χ1n) is 8.14. The van der Waals surface area contributed by atoms with E-state index in [0.29, 0.717) is 0 Å². The van der Waals surface area contributed by atoms with Crippen LogP contribution in [0.25, 0.3) is 0 Å². The van der Waals surface area contributed by atoms with Crippen LogP contribution >= 0.6 is 0 Å². The molecule has 1 saturated carbocycles. The number of aliphatic hydroxyl groups excluding tert-OH is 1. The Bertz CT molecular complexity index is 470. The lowest BCUT2D eigenvalue weighted by molar-refractivity contribution is 0.213. The molecule has 0 bridgehead atoms. The van der Waals surface area contributed by atoms with Crippen molar-refractivity contribution in [1.29, 1.82) is 0 Å². The van der Waals surface area contributed by atoms with Crippen LogP contribution in [0.1, 0.15) is 57.3 Å². The zero-order chi connectivity index (χ0) is 15.3. The van der Waals surface area contributed by atoms with Crippen LogP contribution in [-0.4, -0.2) is 33.8 Å². The lowest BCUT2D eigenvalue weighted by atomic mass is 9.98. The van der Waals surface area contributed by atoms with Gasteiger partial charge in [-0.3, -0.25) is 0 Å². The maximum Gasteiger partial charge on any atom is 0.135 e. The minimum atomic E-state index is -0.202. The van der Waals surface area contributed by atoms with E-state index < -0.39 is 0 Å². The van der Waals surface area contributed by atoms with Crippen molar-refractivity contribution < 1.29 is 5.11 Å². The van der Waals surface area contributed by atoms with Crippen molar-refractivity contribution in [2.75, 3.05) is 23.8 Å². The van der Waals surface area contributed by atoms with Crippen LogP contribution in [0.4, 0.5) is 11.6 Å². The number of hydrogen-bond acceptors (Lipinski definition) is 5. The van der Waals surface area contributed by atoms with Crippen LogP contribution in [0.15, 0.2) is 0 Å². The van der Waals surface area contributed by atoms with Crippen LogP contribution < -0.4 is 10.6 Å². The SMILES string of the molecule is CCCNc1nc(CC)nc(NC2(CO)CCCC2)c1C. The minimum Gasteiger partial charge on any atom is -0.394 e. The first-order chi connectivity index (χ1) is 10.1. The van der Waals surface area contributed by atoms with E-state index in [1.165, 1.54) is 12.8 Å². The summed E-state index contributed by atoms with van der Waals surface area (Å²) < 4.78 is 0. The van der Waals surface area contributed by atoms with Crippen molar-refractivity contribution in [3.63, 3.8) is 0 Å². The van der Waals surface area contributed by atoms with Crippen molar-refractivity contribution in [3.8, 4) is 0 Å². The Morgan fingerprint density at radius 2 is 1.81 bits per heavy atom. The van der Waals surface area contributed by atoms with E-state index in [1.807, 2.05) is 6.92 Å². The molecule has 0 saturated heterocycles. The van der Waals surface area contributed by atoms with Gasteiger partial charge in [0.15, 0.2) is 0 Å². The highest BCUT2D eigenvalue weighted by Crippen LogP contribution is 2.34. The number of anilines is 2. The van der Waals surface area contributed by atoms with E-state index in [0.717, 1.165) is 55.3 Å². The second-order valence-electron chi connectivity index (χ2n) is 6.01. The van der Waals surface area contributed by atoms with Gasteiger partial charge in [0.25, 0.3) is 0 Å². The van der Waals surface area contributed by atoms with Gasteiger partial charge in [0.2, 0.25) is 0 Å². The molecule has 2 rings (SSSR count). The number of nitrogens with zero attached hydrogens (tertiary/aromatic N) is 2. The molecule has 1 aromatic rings. The smallest absolute Gasteiger partial charge is 0.135 e. The minimum absolute atomic E-state index is 0.162. The van der Waals surface area contributed by atoms with Crippen molar-refractivity contribution in [1.82, 2.24) is 9.97 Å². The summed E-state index contributed by atoms with van der Waals surface area (Å²) in [4.78, 5) is 9.23. The molecule has 1 fully saturated rings. The monoisotopic (exact) mass is 292 g/mol. The van der Waals surface area contributed by atoms with Gasteiger partial charge >= 0.3 is 0 Å². The molecule has 1 aromatic heterocycles. The van der Waals surface area contributed by atoms with Crippen LogP contribution in [0.2, 0.25) is 0 Å². The van der Waals surface area contributed by atoms with Gasteiger partial charge in [-0.1, -0.05) is 26.7 Å². The third-order valence-electron chi connectivity index (χ3n) is 4.30. The number of nitrogens with one attached hydrogen (secondary N) is 2. The first kappa shape index (κ1) is 16.0. The highest BCUT2D eigenvalue weighted by Gasteiger charge is 2.34. The van der Waals surface area contributed by atoms with Crippen molar-refractivity contribution >= 4 is 11.6 Å². The zero-order valence-electron chi connectivity index (χ0n) is 13.5. The first-order valence-corrected chi connectivity index (χ1v) is 8.14. The third kappa shape index (κ3) is 3.64. The third-order valence-corrected chi connectivity index (χ3v) is 4.30. The number of hydrogen-bond donors (Lipinski definition) is 3. The maximum absolute atomic E-state index is 9.78. The van der Waals surface area contributed by atoms with Crippen LogP contribution in [0.3, 0.4) is 0 Å². The van der Waals surface area contributed by atoms with Gasteiger partial charge in [-0.25, -0.2) is 9.97 Å². The Balaban J connectivity index is 2.28. The molecule has 21 heavy (non-hydrogen) atoms. The largest absolute Gasteiger partial charge is 0.394 e. The summed E-state index contributed by atoms with van der Waals surface area (Å²) in [5.41, 5.74) is 0.840. The number of aromatic nitrogens is 2. The molecule has 1 heterocycles. The van der Waals surface area contributed by atoms with E-state index >= 15 is 0 Å². The summed E-state index contributed by atoms with van der Waals surface area (Å²) in [5.74, 6) is 2.63. The molecule has 1 aliphatic rings. The van der Waals surface area contributed by atoms with Gasteiger partial charge < -0.3 is 15.7 Å². The summed E-state index contributed by atoms with van der Waals surface area (Å²) >= 11 is 0. The molecule has 0 aliphatic heterocycles. The molecule has 0 atom stereocenters. The predicted molar refractivity (Wildman–Crippen MR) is 86.8 cm³/mol. The second kappa shape index (κ2) is 7.07. The van der Waals surface area contributed by atoms with Gasteiger partial charge in [0.05, 0.1) is 12.1 Å². The number of aryl methyl sites for hydroxylation is 1. The Morgan fingerprint density at radius 1 is 1.14 bits per heavy atom. The van der Waals surface area contributed by atoms with Crippen LogP contribution in [0, 0.1) is 6.92 Å². The van der Waals surface area contributed by atoms with Gasteiger partial charge in [-0.15, -0.1) is 0 Å². The highest BCUT2D eigenvalue weighted by molar-refractivity contribution is 5.58. The molecular formula is C16H28N4O. The summed E-state index contributed by atoms with van der Waals surface area (Å²) in [7, 11) is 0. The number of aliphatic hydroxyl groups is 1. The molecule has 5 nitrogen and oxygen atoms in total. The summed E-state index contributed by atoms with van der Waals surface area (Å²) in [6.07, 6.45) is 6.22. The molecule has 3 N–H and O–H groups in total. The lowest BCUT2D eigenvalue weighted by Gasteiger charge is -2.30. The molecule has 1 aliphatic carbocycles. The predicted octanol–water partition coefficient (Wildman–Crippen LogP) is 2.89. The molecule has 0 radical (unpaired) electrons. The van der Waals surface area contributed by atoms with E-state index in [4.69, 9.17) is 0 Å². The van der Waals surface area contributed by atoms with Gasteiger partial charge in [0.1, 0.15) is 17.5 Å². The van der Waals surface area contributed by atoms with Crippen molar-refractivity contribution in [2.24, 2.45) is 0 Å². The van der Waals surface area contributed by atoms with E-state index in [2.05, 4.69) is 34.4 Å². The normalized spacial score (nSPS) is 17.0. The fraction of sp³-hybridized carbons (Fsp3) is 0.750. The highest BCUT2D eigenvalue weighted by atomic mass is 16.3. The van der Waals surface area contributed by atoms with Gasteiger partial charge in [0, 0.05) is 18.5 Å². The van der Waals surface area contributed by atoms with E-state index in [1.54, 1.807) is 0 Å². The molecule has 0 unspecified atom stereocenters. The average Bonchev–Trinajstić information content (AvgIpc) is 2.97. The molecule has 0 spiro atoms. The molecule has 0 aromatic carbocycles. The molecule has 118 valence electrons. The van der Waals surface area contributed by atoms with E-state index in [-0.39, 0.29) is 12.1 Å². The lowest BCUT2D eigenvalue weighted by Crippen LogP contribution is -2.39. The van der Waals surface area contributed by atoms with Gasteiger partial charge in [-0.2, -0.15) is 0 Å². The Hall–Kier alpha value is -1.36. The van der Waals surface area contributed by atoms with Crippen molar-refractivity contribution in [2.45, 2.75) is 64.8 Å². The Labute approximate surface area is 127 Å². The zero-order valence-corrected chi connectivity index (χ0v) is 13.5. The van der Waals surface area contributed by atoms with Crippen LogP contribution in [-0.2, 0) is 6.42 Å². The average molecular weight is 292 g/mol. The Morgan fingerprint density at radius 3 is 2.38 bits per heavy atom. The topological polar surface area (TPSA) is 70.1 Å². The standard InChI is InChI=1S/C16H28N4O/c1-4-10-17-14-12(3)15(19-13(5-2)18-14)20-16(11-21)8-6-7-9-16/h21H,4-11H2,1-3H3,(H2,17,18,19,20). The molecule has 5 heteroatoms. The number of rotatable bonds is 7. The van der Waals surface area contributed by atoms with E-state index in [9.17, 15) is 5.11 Å². The summed E-state index contributed by atoms with van der Waals surface area (Å²) in [6.45, 7) is 7.32. The fourth-order valence-electron chi connectivity index (χ4n) is 2.88. The van der Waals surface area contributed by atoms with Crippen molar-refractivity contribution in [3.05, 3.63) is 11.4 Å². The van der Waals surface area contributed by atoms with Gasteiger partial charge in [-0.05, 0) is 26.2 Å². The Kier molecular flexibility index (Phi) is 5.39. The quantitative estimate of drug-likeness (QED) is 0.721. The van der Waals surface area contributed by atoms with Crippen LogP contribution in [0.5, 0.6) is 0 Å². The summed E-state index contributed by atoms with van der Waals surface area (Å²) in [5, 5.41) is 16.7. The maximum atomic E-state index is 9.78. The molecule has 0 amide bonds. The molecular weight excluding hydrogens is 264 g/mol.